The Hall–Kier alpha value is -3.39. The van der Waals surface area contributed by atoms with Gasteiger partial charge in [0.1, 0.15) is 5.75 Å². The molecule has 0 saturated carbocycles. The SMILES string of the molecule is COc1ccc(N=C(C)c2cc3ccccc3cc2-c2ccccc2)cc1. The minimum absolute atomic E-state index is 0.835. The Morgan fingerprint density at radius 3 is 2.04 bits per heavy atom. The number of nitrogens with zero attached hydrogens (tertiary/aromatic N) is 1. The van der Waals surface area contributed by atoms with E-state index in [1.807, 2.05) is 30.3 Å². The van der Waals surface area contributed by atoms with Crippen molar-refractivity contribution < 1.29 is 4.74 Å². The summed E-state index contributed by atoms with van der Waals surface area (Å²) in [5, 5.41) is 2.45. The van der Waals surface area contributed by atoms with Crippen LogP contribution in [0.1, 0.15) is 12.5 Å². The molecule has 0 atom stereocenters. The molecular formula is C25H21NO. The molecule has 0 spiro atoms. The average Bonchev–Trinajstić information content (AvgIpc) is 2.74. The maximum absolute atomic E-state index is 5.24. The van der Waals surface area contributed by atoms with Crippen molar-refractivity contribution in [1.82, 2.24) is 0 Å². The largest absolute Gasteiger partial charge is 0.497 e. The van der Waals surface area contributed by atoms with Crippen molar-refractivity contribution in [3.63, 3.8) is 0 Å². The summed E-state index contributed by atoms with van der Waals surface area (Å²) in [5.74, 6) is 0.835. The smallest absolute Gasteiger partial charge is 0.119 e. The highest BCUT2D eigenvalue weighted by atomic mass is 16.5. The average molecular weight is 351 g/mol. The van der Waals surface area contributed by atoms with E-state index in [0.717, 1.165) is 22.7 Å². The number of hydrogen-bond donors (Lipinski definition) is 0. The van der Waals surface area contributed by atoms with E-state index < -0.39 is 0 Å². The van der Waals surface area contributed by atoms with Crippen molar-refractivity contribution in [1.29, 1.82) is 0 Å². The van der Waals surface area contributed by atoms with Crippen LogP contribution < -0.4 is 4.74 Å². The molecule has 2 nitrogen and oxygen atoms in total. The molecule has 0 aliphatic carbocycles. The number of hydrogen-bond acceptors (Lipinski definition) is 2. The normalized spacial score (nSPS) is 11.6. The second-order valence-corrected chi connectivity index (χ2v) is 6.51. The zero-order chi connectivity index (χ0) is 18.6. The van der Waals surface area contributed by atoms with Gasteiger partial charge in [0.15, 0.2) is 0 Å². The summed E-state index contributed by atoms with van der Waals surface area (Å²) in [7, 11) is 1.67. The fourth-order valence-electron chi connectivity index (χ4n) is 3.31. The molecule has 0 heterocycles. The zero-order valence-electron chi connectivity index (χ0n) is 15.5. The summed E-state index contributed by atoms with van der Waals surface area (Å²) in [6.07, 6.45) is 0. The van der Waals surface area contributed by atoms with Gasteiger partial charge in [-0.25, -0.2) is 0 Å². The maximum Gasteiger partial charge on any atom is 0.119 e. The van der Waals surface area contributed by atoms with Gasteiger partial charge in [-0.15, -0.1) is 0 Å². The molecule has 0 amide bonds. The van der Waals surface area contributed by atoms with E-state index >= 15 is 0 Å². The van der Waals surface area contributed by atoms with Crippen LogP contribution in [0.15, 0.2) is 96.0 Å². The molecule has 4 aromatic rings. The monoisotopic (exact) mass is 351 g/mol. The van der Waals surface area contributed by atoms with Crippen LogP contribution in [0.2, 0.25) is 0 Å². The fraction of sp³-hybridized carbons (Fsp3) is 0.0800. The summed E-state index contributed by atoms with van der Waals surface area (Å²) < 4.78 is 5.24. The first-order chi connectivity index (χ1) is 13.2. The standard InChI is InChI=1S/C25H21NO/c1-18(26-22-12-14-23(27-2)15-13-22)24-16-20-10-6-7-11-21(20)17-25(24)19-8-4-3-5-9-19/h3-17H,1-2H3. The highest BCUT2D eigenvalue weighted by Crippen LogP contribution is 2.30. The van der Waals surface area contributed by atoms with E-state index in [1.165, 1.54) is 21.9 Å². The molecule has 0 aliphatic rings. The summed E-state index contributed by atoms with van der Waals surface area (Å²) >= 11 is 0. The van der Waals surface area contributed by atoms with Crippen LogP contribution in [0.5, 0.6) is 5.75 Å². The Kier molecular flexibility index (Phi) is 4.71. The van der Waals surface area contributed by atoms with Crippen molar-refractivity contribution in [3.05, 3.63) is 96.6 Å². The van der Waals surface area contributed by atoms with Crippen molar-refractivity contribution >= 4 is 22.2 Å². The van der Waals surface area contributed by atoms with Crippen LogP contribution in [0.25, 0.3) is 21.9 Å². The number of ether oxygens (including phenoxy) is 1. The van der Waals surface area contributed by atoms with Crippen molar-refractivity contribution in [2.24, 2.45) is 4.99 Å². The highest BCUT2D eigenvalue weighted by molar-refractivity contribution is 6.09. The maximum atomic E-state index is 5.24. The molecule has 4 rings (SSSR count). The Balaban J connectivity index is 1.86. The molecule has 27 heavy (non-hydrogen) atoms. The van der Waals surface area contributed by atoms with Gasteiger partial charge in [-0.2, -0.15) is 0 Å². The van der Waals surface area contributed by atoms with Gasteiger partial charge >= 0.3 is 0 Å². The van der Waals surface area contributed by atoms with Gasteiger partial charge in [0, 0.05) is 11.3 Å². The third kappa shape index (κ3) is 3.61. The summed E-state index contributed by atoms with van der Waals surface area (Å²) in [5.41, 5.74) is 5.45. The fourth-order valence-corrected chi connectivity index (χ4v) is 3.31. The number of aliphatic imine (C=N–C) groups is 1. The number of rotatable bonds is 4. The van der Waals surface area contributed by atoms with Gasteiger partial charge in [-0.3, -0.25) is 4.99 Å². The van der Waals surface area contributed by atoms with Crippen LogP contribution in [-0.4, -0.2) is 12.8 Å². The summed E-state index contributed by atoms with van der Waals surface area (Å²) in [4.78, 5) is 4.86. The quantitative estimate of drug-likeness (QED) is 0.377. The van der Waals surface area contributed by atoms with Gasteiger partial charge in [-0.05, 0) is 65.2 Å². The predicted molar refractivity (Wildman–Crippen MR) is 114 cm³/mol. The second kappa shape index (κ2) is 7.46. The Bertz CT molecular complexity index is 1100. The molecule has 0 saturated heterocycles. The van der Waals surface area contributed by atoms with Crippen molar-refractivity contribution in [2.75, 3.05) is 7.11 Å². The van der Waals surface area contributed by atoms with Gasteiger partial charge < -0.3 is 4.74 Å². The minimum Gasteiger partial charge on any atom is -0.497 e. The third-order valence-corrected chi connectivity index (χ3v) is 4.73. The van der Waals surface area contributed by atoms with E-state index in [9.17, 15) is 0 Å². The molecule has 0 N–H and O–H groups in total. The second-order valence-electron chi connectivity index (χ2n) is 6.51. The zero-order valence-corrected chi connectivity index (χ0v) is 15.5. The predicted octanol–water partition coefficient (Wildman–Crippen LogP) is 6.66. The van der Waals surface area contributed by atoms with Gasteiger partial charge in [0.05, 0.1) is 12.8 Å². The topological polar surface area (TPSA) is 21.6 Å². The first kappa shape index (κ1) is 17.0. The van der Waals surface area contributed by atoms with Gasteiger partial charge in [0.2, 0.25) is 0 Å². The molecule has 132 valence electrons. The van der Waals surface area contributed by atoms with E-state index in [-0.39, 0.29) is 0 Å². The van der Waals surface area contributed by atoms with E-state index in [0.29, 0.717) is 0 Å². The first-order valence-corrected chi connectivity index (χ1v) is 9.02. The molecule has 0 fully saturated rings. The van der Waals surface area contributed by atoms with Gasteiger partial charge in [0.25, 0.3) is 0 Å². The lowest BCUT2D eigenvalue weighted by Gasteiger charge is -2.12. The first-order valence-electron chi connectivity index (χ1n) is 9.02. The van der Waals surface area contributed by atoms with Crippen molar-refractivity contribution in [3.8, 4) is 16.9 Å². The van der Waals surface area contributed by atoms with Crippen LogP contribution >= 0.6 is 0 Å². The third-order valence-electron chi connectivity index (χ3n) is 4.73. The lowest BCUT2D eigenvalue weighted by molar-refractivity contribution is 0.415. The number of methoxy groups -OCH3 is 1. The van der Waals surface area contributed by atoms with Crippen LogP contribution in [0, 0.1) is 0 Å². The lowest BCUT2D eigenvalue weighted by Crippen LogP contribution is -1.98. The lowest BCUT2D eigenvalue weighted by atomic mass is 9.93. The highest BCUT2D eigenvalue weighted by Gasteiger charge is 2.10. The Labute approximate surface area is 159 Å². The van der Waals surface area contributed by atoms with Crippen LogP contribution in [0.3, 0.4) is 0 Å². The molecular weight excluding hydrogens is 330 g/mol. The molecule has 0 bridgehead atoms. The Morgan fingerprint density at radius 1 is 0.741 bits per heavy atom. The summed E-state index contributed by atoms with van der Waals surface area (Å²) in [6.45, 7) is 2.07. The summed E-state index contributed by atoms with van der Waals surface area (Å²) in [6, 6.07) is 31.3. The van der Waals surface area contributed by atoms with Crippen molar-refractivity contribution in [2.45, 2.75) is 6.92 Å². The van der Waals surface area contributed by atoms with E-state index in [1.54, 1.807) is 7.11 Å². The number of fused-ring (bicyclic) bond motifs is 1. The van der Waals surface area contributed by atoms with E-state index in [2.05, 4.69) is 67.6 Å². The van der Waals surface area contributed by atoms with E-state index in [4.69, 9.17) is 9.73 Å². The van der Waals surface area contributed by atoms with Gasteiger partial charge in [-0.1, -0.05) is 54.6 Å². The molecule has 0 aromatic heterocycles. The molecule has 4 aromatic carbocycles. The minimum atomic E-state index is 0.835. The van der Waals surface area contributed by atoms with Crippen LogP contribution in [0.4, 0.5) is 5.69 Å². The van der Waals surface area contributed by atoms with Crippen LogP contribution in [-0.2, 0) is 0 Å². The Morgan fingerprint density at radius 2 is 1.37 bits per heavy atom. The molecule has 2 heteroatoms. The molecule has 0 radical (unpaired) electrons. The molecule has 0 unspecified atom stereocenters. The number of benzene rings is 4. The molecule has 0 aliphatic heterocycles.